The minimum absolute atomic E-state index is 0.102. The standard InChI is InChI=1S/C15H26N2O3/c1-17(11-7-4-2-3-5-8-11)15(20)16-13-10-6-9-12(13)14(18)19/h11-13H,2-10H2,1H3,(H,16,20)(H,18,19). The number of carbonyl (C=O) groups is 2. The van der Waals surface area contributed by atoms with Gasteiger partial charge >= 0.3 is 12.0 Å². The summed E-state index contributed by atoms with van der Waals surface area (Å²) in [6, 6.07) is 0.00505. The summed E-state index contributed by atoms with van der Waals surface area (Å²) >= 11 is 0. The summed E-state index contributed by atoms with van der Waals surface area (Å²) in [5.41, 5.74) is 0. The van der Waals surface area contributed by atoms with E-state index in [1.165, 1.54) is 25.7 Å². The quantitative estimate of drug-likeness (QED) is 0.782. The zero-order chi connectivity index (χ0) is 14.5. The van der Waals surface area contributed by atoms with Crippen LogP contribution in [0.4, 0.5) is 4.79 Å². The summed E-state index contributed by atoms with van der Waals surface area (Å²) in [5.74, 6) is -1.20. The fourth-order valence-electron chi connectivity index (χ4n) is 3.50. The highest BCUT2D eigenvalue weighted by Gasteiger charge is 2.35. The number of nitrogens with zero attached hydrogens (tertiary/aromatic N) is 1. The van der Waals surface area contributed by atoms with Gasteiger partial charge < -0.3 is 15.3 Å². The number of carbonyl (C=O) groups excluding carboxylic acids is 1. The van der Waals surface area contributed by atoms with Crippen LogP contribution in [0.1, 0.15) is 57.8 Å². The number of amides is 2. The first-order valence-corrected chi connectivity index (χ1v) is 7.85. The van der Waals surface area contributed by atoms with E-state index in [9.17, 15) is 9.59 Å². The van der Waals surface area contributed by atoms with Crippen molar-refractivity contribution in [2.75, 3.05) is 7.05 Å². The summed E-state index contributed by atoms with van der Waals surface area (Å²) in [6.07, 6.45) is 9.36. The molecule has 0 aromatic heterocycles. The van der Waals surface area contributed by atoms with Crippen LogP contribution in [0.2, 0.25) is 0 Å². The number of hydrogen-bond donors (Lipinski definition) is 2. The SMILES string of the molecule is CN(C(=O)NC1CCCC1C(=O)O)C1CCCCCC1. The monoisotopic (exact) mass is 282 g/mol. The second-order valence-electron chi connectivity index (χ2n) is 6.19. The van der Waals surface area contributed by atoms with Crippen LogP contribution in [0.3, 0.4) is 0 Å². The summed E-state index contributed by atoms with van der Waals surface area (Å²) < 4.78 is 0. The van der Waals surface area contributed by atoms with Crippen molar-refractivity contribution in [2.24, 2.45) is 5.92 Å². The van der Waals surface area contributed by atoms with Gasteiger partial charge in [0.2, 0.25) is 0 Å². The fraction of sp³-hybridized carbons (Fsp3) is 0.867. The van der Waals surface area contributed by atoms with Gasteiger partial charge in [-0.15, -0.1) is 0 Å². The van der Waals surface area contributed by atoms with Crippen molar-refractivity contribution < 1.29 is 14.7 Å². The number of hydrogen-bond acceptors (Lipinski definition) is 2. The molecule has 0 spiro atoms. The van der Waals surface area contributed by atoms with Crippen molar-refractivity contribution in [3.8, 4) is 0 Å². The number of aliphatic carboxylic acids is 1. The second kappa shape index (κ2) is 6.95. The first-order chi connectivity index (χ1) is 9.59. The van der Waals surface area contributed by atoms with E-state index in [2.05, 4.69) is 5.32 Å². The van der Waals surface area contributed by atoms with Crippen LogP contribution in [-0.2, 0) is 4.79 Å². The highest BCUT2D eigenvalue weighted by Crippen LogP contribution is 2.26. The van der Waals surface area contributed by atoms with E-state index in [-0.39, 0.29) is 12.1 Å². The molecule has 2 aliphatic rings. The lowest BCUT2D eigenvalue weighted by Gasteiger charge is -2.29. The topological polar surface area (TPSA) is 69.6 Å². The van der Waals surface area contributed by atoms with Crippen molar-refractivity contribution in [3.05, 3.63) is 0 Å². The summed E-state index contributed by atoms with van der Waals surface area (Å²) in [4.78, 5) is 25.2. The number of carboxylic acid groups (broad SMARTS) is 1. The largest absolute Gasteiger partial charge is 0.481 e. The fourth-order valence-corrected chi connectivity index (χ4v) is 3.50. The molecule has 2 aliphatic carbocycles. The first kappa shape index (κ1) is 15.1. The Labute approximate surface area is 120 Å². The Hall–Kier alpha value is -1.26. The third kappa shape index (κ3) is 3.64. The maximum Gasteiger partial charge on any atom is 0.317 e. The van der Waals surface area contributed by atoms with Crippen LogP contribution in [0, 0.1) is 5.92 Å². The Balaban J connectivity index is 1.88. The molecular weight excluding hydrogens is 256 g/mol. The van der Waals surface area contributed by atoms with E-state index in [0.717, 1.165) is 25.7 Å². The van der Waals surface area contributed by atoms with Crippen molar-refractivity contribution in [3.63, 3.8) is 0 Å². The predicted octanol–water partition coefficient (Wildman–Crippen LogP) is 2.60. The Morgan fingerprint density at radius 2 is 1.65 bits per heavy atom. The van der Waals surface area contributed by atoms with Crippen molar-refractivity contribution in [2.45, 2.75) is 69.9 Å². The molecule has 0 aromatic rings. The molecule has 5 heteroatoms. The first-order valence-electron chi connectivity index (χ1n) is 7.85. The third-order valence-electron chi connectivity index (χ3n) is 4.83. The molecule has 0 radical (unpaired) electrons. The Kier molecular flexibility index (Phi) is 5.26. The smallest absolute Gasteiger partial charge is 0.317 e. The van der Waals surface area contributed by atoms with Gasteiger partial charge in [0.05, 0.1) is 5.92 Å². The van der Waals surface area contributed by atoms with Crippen molar-refractivity contribution in [1.82, 2.24) is 10.2 Å². The predicted molar refractivity (Wildman–Crippen MR) is 76.5 cm³/mol. The van der Waals surface area contributed by atoms with E-state index in [4.69, 9.17) is 5.11 Å². The molecule has 0 heterocycles. The zero-order valence-electron chi connectivity index (χ0n) is 12.3. The lowest BCUT2D eigenvalue weighted by atomic mass is 10.0. The van der Waals surface area contributed by atoms with E-state index in [1.54, 1.807) is 4.90 Å². The summed E-state index contributed by atoms with van der Waals surface area (Å²) in [7, 11) is 1.84. The Bertz CT molecular complexity index is 351. The third-order valence-corrected chi connectivity index (χ3v) is 4.83. The average Bonchev–Trinajstić information content (AvgIpc) is 2.72. The maximum atomic E-state index is 12.3. The summed E-state index contributed by atoms with van der Waals surface area (Å²) in [5, 5.41) is 12.1. The number of carboxylic acids is 1. The van der Waals surface area contributed by atoms with Crippen molar-refractivity contribution >= 4 is 12.0 Å². The highest BCUT2D eigenvalue weighted by atomic mass is 16.4. The van der Waals surface area contributed by atoms with Crippen LogP contribution >= 0.6 is 0 Å². The molecule has 2 amide bonds. The molecule has 2 rings (SSSR count). The van der Waals surface area contributed by atoms with Gasteiger partial charge in [-0.25, -0.2) is 4.79 Å². The number of nitrogens with one attached hydrogen (secondary N) is 1. The lowest BCUT2D eigenvalue weighted by Crippen LogP contribution is -2.49. The minimum atomic E-state index is -0.787. The van der Waals surface area contributed by atoms with Gasteiger partial charge in [-0.2, -0.15) is 0 Å². The normalized spacial score (nSPS) is 27.9. The van der Waals surface area contributed by atoms with E-state index >= 15 is 0 Å². The molecule has 2 saturated carbocycles. The van der Waals surface area contributed by atoms with E-state index in [0.29, 0.717) is 12.5 Å². The molecule has 114 valence electrons. The number of urea groups is 1. The molecule has 0 aliphatic heterocycles. The number of rotatable bonds is 3. The Morgan fingerprint density at radius 3 is 2.25 bits per heavy atom. The van der Waals surface area contributed by atoms with Crippen LogP contribution in [0.15, 0.2) is 0 Å². The van der Waals surface area contributed by atoms with Gasteiger partial charge in [0.1, 0.15) is 0 Å². The lowest BCUT2D eigenvalue weighted by molar-refractivity contribution is -0.142. The van der Waals surface area contributed by atoms with Gasteiger partial charge in [0, 0.05) is 19.1 Å². The molecule has 2 atom stereocenters. The maximum absolute atomic E-state index is 12.3. The summed E-state index contributed by atoms with van der Waals surface area (Å²) in [6.45, 7) is 0. The van der Waals surface area contributed by atoms with Crippen molar-refractivity contribution in [1.29, 1.82) is 0 Å². The van der Waals surface area contributed by atoms with Crippen LogP contribution in [0.5, 0.6) is 0 Å². The molecular formula is C15H26N2O3. The minimum Gasteiger partial charge on any atom is -0.481 e. The van der Waals surface area contributed by atoms with Crippen LogP contribution < -0.4 is 5.32 Å². The van der Waals surface area contributed by atoms with Gasteiger partial charge in [-0.3, -0.25) is 4.79 Å². The average molecular weight is 282 g/mol. The van der Waals surface area contributed by atoms with E-state index < -0.39 is 11.9 Å². The Morgan fingerprint density at radius 1 is 1.00 bits per heavy atom. The van der Waals surface area contributed by atoms with Crippen LogP contribution in [-0.4, -0.2) is 41.1 Å². The van der Waals surface area contributed by atoms with E-state index in [1.807, 2.05) is 7.05 Å². The van der Waals surface area contributed by atoms with Gasteiger partial charge in [-0.05, 0) is 25.7 Å². The molecule has 2 fully saturated rings. The molecule has 2 unspecified atom stereocenters. The highest BCUT2D eigenvalue weighted by molar-refractivity contribution is 5.77. The molecule has 20 heavy (non-hydrogen) atoms. The molecule has 2 N–H and O–H groups in total. The van der Waals surface area contributed by atoms with Gasteiger partial charge in [-0.1, -0.05) is 32.1 Å². The molecule has 5 nitrogen and oxygen atoms in total. The molecule has 0 bridgehead atoms. The molecule has 0 aromatic carbocycles. The molecule has 0 saturated heterocycles. The zero-order valence-corrected chi connectivity index (χ0v) is 12.3. The van der Waals surface area contributed by atoms with Gasteiger partial charge in [0.25, 0.3) is 0 Å². The van der Waals surface area contributed by atoms with Gasteiger partial charge in [0.15, 0.2) is 0 Å². The second-order valence-corrected chi connectivity index (χ2v) is 6.19. The van der Waals surface area contributed by atoms with Crippen LogP contribution in [0.25, 0.3) is 0 Å².